The smallest absolute Gasteiger partial charge is 0.235 e. The Balaban J connectivity index is 1.66. The summed E-state index contributed by atoms with van der Waals surface area (Å²) in [5.74, 6) is 0.912. The van der Waals surface area contributed by atoms with Crippen LogP contribution in [0, 0.1) is 6.92 Å². The van der Waals surface area contributed by atoms with Crippen molar-refractivity contribution >= 4 is 56.9 Å². The maximum atomic E-state index is 11.8. The molecular formula is C15H15BrClN3O3S. The third-order valence-electron chi connectivity index (χ3n) is 2.85. The predicted molar refractivity (Wildman–Crippen MR) is 98.2 cm³/mol. The summed E-state index contributed by atoms with van der Waals surface area (Å²) in [4.78, 5) is 23.5. The van der Waals surface area contributed by atoms with Gasteiger partial charge in [-0.3, -0.25) is 9.59 Å². The maximum Gasteiger partial charge on any atom is 0.235 e. The number of benzene rings is 1. The SMILES string of the molecule is Cc1cc(NC(=O)CSCC(=O)NCc2ccc(Br)cc2Cl)no1. The minimum atomic E-state index is -0.239. The number of hydrogen-bond acceptors (Lipinski definition) is 5. The van der Waals surface area contributed by atoms with Gasteiger partial charge in [0.1, 0.15) is 5.76 Å². The van der Waals surface area contributed by atoms with Crippen LogP contribution in [0.4, 0.5) is 5.82 Å². The van der Waals surface area contributed by atoms with Crippen LogP contribution < -0.4 is 10.6 Å². The Labute approximate surface area is 156 Å². The lowest BCUT2D eigenvalue weighted by molar-refractivity contribution is -0.118. The van der Waals surface area contributed by atoms with Crippen LogP contribution >= 0.6 is 39.3 Å². The monoisotopic (exact) mass is 431 g/mol. The van der Waals surface area contributed by atoms with Crippen LogP contribution in [0.15, 0.2) is 33.3 Å². The van der Waals surface area contributed by atoms with Crippen LogP contribution in [0.2, 0.25) is 5.02 Å². The van der Waals surface area contributed by atoms with Crippen LogP contribution in [0.1, 0.15) is 11.3 Å². The topological polar surface area (TPSA) is 84.2 Å². The number of anilines is 1. The summed E-state index contributed by atoms with van der Waals surface area (Å²) < 4.78 is 5.73. The second-order valence-corrected chi connectivity index (χ2v) is 7.18. The van der Waals surface area contributed by atoms with E-state index < -0.39 is 0 Å². The second-order valence-electron chi connectivity index (χ2n) is 4.88. The minimum absolute atomic E-state index is 0.151. The molecule has 0 saturated carbocycles. The van der Waals surface area contributed by atoms with Gasteiger partial charge in [0.05, 0.1) is 11.5 Å². The average Bonchev–Trinajstić information content (AvgIpc) is 2.91. The number of halogens is 2. The van der Waals surface area contributed by atoms with E-state index in [0.29, 0.717) is 23.1 Å². The summed E-state index contributed by atoms with van der Waals surface area (Å²) in [6.45, 7) is 2.08. The highest BCUT2D eigenvalue weighted by Gasteiger charge is 2.09. The van der Waals surface area contributed by atoms with E-state index in [0.717, 1.165) is 10.0 Å². The summed E-state index contributed by atoms with van der Waals surface area (Å²) in [5, 5.41) is 9.60. The van der Waals surface area contributed by atoms with E-state index in [2.05, 4.69) is 31.7 Å². The molecule has 9 heteroatoms. The number of carbonyl (C=O) groups excluding carboxylic acids is 2. The van der Waals surface area contributed by atoms with Gasteiger partial charge in [0.2, 0.25) is 11.8 Å². The van der Waals surface area contributed by atoms with Crippen molar-refractivity contribution in [2.45, 2.75) is 13.5 Å². The lowest BCUT2D eigenvalue weighted by Gasteiger charge is -2.07. The van der Waals surface area contributed by atoms with Gasteiger partial charge in [-0.25, -0.2) is 0 Å². The zero-order valence-corrected chi connectivity index (χ0v) is 15.9. The third kappa shape index (κ3) is 6.18. The minimum Gasteiger partial charge on any atom is -0.360 e. The Kier molecular flexibility index (Phi) is 7.14. The fourth-order valence-electron chi connectivity index (χ4n) is 1.75. The summed E-state index contributed by atoms with van der Waals surface area (Å²) in [6, 6.07) is 7.09. The molecule has 0 saturated heterocycles. The molecule has 1 aromatic carbocycles. The molecule has 0 spiro atoms. The molecule has 0 atom stereocenters. The van der Waals surface area contributed by atoms with Gasteiger partial charge in [0.25, 0.3) is 0 Å². The standard InChI is InChI=1S/C15H15BrClN3O3S/c1-9-4-13(20-23-9)19-15(22)8-24-7-14(21)18-6-10-2-3-11(16)5-12(10)17/h2-5H,6-8H2,1H3,(H,18,21)(H,19,20,22). The first-order valence-corrected chi connectivity index (χ1v) is 9.28. The van der Waals surface area contributed by atoms with Gasteiger partial charge in [-0.1, -0.05) is 38.8 Å². The Morgan fingerprint density at radius 3 is 2.71 bits per heavy atom. The molecule has 2 aromatic rings. The molecule has 2 rings (SSSR count). The van der Waals surface area contributed by atoms with Gasteiger partial charge in [0.15, 0.2) is 5.82 Å². The number of nitrogens with one attached hydrogen (secondary N) is 2. The number of thioether (sulfide) groups is 1. The van der Waals surface area contributed by atoms with Crippen molar-refractivity contribution in [3.8, 4) is 0 Å². The number of aryl methyl sites for hydroxylation is 1. The lowest BCUT2D eigenvalue weighted by Crippen LogP contribution is -2.25. The largest absolute Gasteiger partial charge is 0.360 e. The molecule has 2 N–H and O–H groups in total. The molecule has 6 nitrogen and oxygen atoms in total. The van der Waals surface area contributed by atoms with Crippen molar-refractivity contribution in [3.05, 3.63) is 45.1 Å². The molecule has 0 aliphatic rings. The second kappa shape index (κ2) is 9.10. The van der Waals surface area contributed by atoms with Crippen molar-refractivity contribution in [3.63, 3.8) is 0 Å². The molecule has 0 bridgehead atoms. The number of hydrogen-bond donors (Lipinski definition) is 2. The first-order chi connectivity index (χ1) is 11.4. The van der Waals surface area contributed by atoms with Crippen molar-refractivity contribution in [2.24, 2.45) is 0 Å². The quantitative estimate of drug-likeness (QED) is 0.700. The summed E-state index contributed by atoms with van der Waals surface area (Å²) >= 11 is 10.6. The normalized spacial score (nSPS) is 10.5. The highest BCUT2D eigenvalue weighted by molar-refractivity contribution is 9.10. The van der Waals surface area contributed by atoms with Gasteiger partial charge in [-0.15, -0.1) is 11.8 Å². The number of nitrogens with zero attached hydrogens (tertiary/aromatic N) is 1. The van der Waals surface area contributed by atoms with E-state index in [1.807, 2.05) is 12.1 Å². The Morgan fingerprint density at radius 2 is 2.04 bits per heavy atom. The number of rotatable bonds is 7. The van der Waals surface area contributed by atoms with Gasteiger partial charge in [-0.2, -0.15) is 0 Å². The first-order valence-electron chi connectivity index (χ1n) is 6.95. The van der Waals surface area contributed by atoms with Crippen molar-refractivity contribution in [1.82, 2.24) is 10.5 Å². The first kappa shape index (κ1) is 18.8. The highest BCUT2D eigenvalue weighted by atomic mass is 79.9. The Bertz CT molecular complexity index is 739. The van der Waals surface area contributed by atoms with E-state index in [-0.39, 0.29) is 23.3 Å². The van der Waals surface area contributed by atoms with E-state index >= 15 is 0 Å². The zero-order chi connectivity index (χ0) is 17.5. The number of amides is 2. The number of carbonyl (C=O) groups is 2. The van der Waals surface area contributed by atoms with Crippen LogP contribution in [0.5, 0.6) is 0 Å². The molecule has 1 heterocycles. The van der Waals surface area contributed by atoms with E-state index in [1.54, 1.807) is 19.1 Å². The molecule has 0 fully saturated rings. The average molecular weight is 433 g/mol. The van der Waals surface area contributed by atoms with Gasteiger partial charge < -0.3 is 15.2 Å². The molecule has 0 radical (unpaired) electrons. The molecule has 24 heavy (non-hydrogen) atoms. The van der Waals surface area contributed by atoms with Gasteiger partial charge in [0, 0.05) is 22.1 Å². The van der Waals surface area contributed by atoms with E-state index in [4.69, 9.17) is 16.1 Å². The molecule has 1 aromatic heterocycles. The van der Waals surface area contributed by atoms with Gasteiger partial charge in [-0.05, 0) is 24.6 Å². The Hall–Kier alpha value is -1.51. The van der Waals surface area contributed by atoms with Crippen LogP contribution in [0.25, 0.3) is 0 Å². The van der Waals surface area contributed by atoms with Crippen LogP contribution in [-0.2, 0) is 16.1 Å². The molecule has 0 aliphatic carbocycles. The highest BCUT2D eigenvalue weighted by Crippen LogP contribution is 2.21. The summed E-state index contributed by atoms with van der Waals surface area (Å²) in [5.41, 5.74) is 0.831. The van der Waals surface area contributed by atoms with Crippen molar-refractivity contribution in [2.75, 3.05) is 16.8 Å². The van der Waals surface area contributed by atoms with Crippen LogP contribution in [0.3, 0.4) is 0 Å². The molecule has 128 valence electrons. The van der Waals surface area contributed by atoms with Gasteiger partial charge >= 0.3 is 0 Å². The van der Waals surface area contributed by atoms with E-state index in [9.17, 15) is 9.59 Å². The Morgan fingerprint density at radius 1 is 1.29 bits per heavy atom. The molecule has 2 amide bonds. The predicted octanol–water partition coefficient (Wildman–Crippen LogP) is 3.39. The summed E-state index contributed by atoms with van der Waals surface area (Å²) in [7, 11) is 0. The molecule has 0 aliphatic heterocycles. The maximum absolute atomic E-state index is 11.8. The lowest BCUT2D eigenvalue weighted by atomic mass is 10.2. The fraction of sp³-hybridized carbons (Fsp3) is 0.267. The third-order valence-corrected chi connectivity index (χ3v) is 4.63. The zero-order valence-electron chi connectivity index (χ0n) is 12.8. The molecular weight excluding hydrogens is 418 g/mol. The van der Waals surface area contributed by atoms with E-state index in [1.165, 1.54) is 11.8 Å². The van der Waals surface area contributed by atoms with Crippen LogP contribution in [-0.4, -0.2) is 28.5 Å². The fourth-order valence-corrected chi connectivity index (χ4v) is 3.14. The van der Waals surface area contributed by atoms with Crippen molar-refractivity contribution < 1.29 is 14.1 Å². The van der Waals surface area contributed by atoms with Crippen molar-refractivity contribution in [1.29, 1.82) is 0 Å². The number of aromatic nitrogens is 1. The molecule has 0 unspecified atom stereocenters. The summed E-state index contributed by atoms with van der Waals surface area (Å²) in [6.07, 6.45) is 0.